The van der Waals surface area contributed by atoms with Gasteiger partial charge in [-0.25, -0.2) is 4.79 Å². The first-order valence-corrected chi connectivity index (χ1v) is 24.4. The summed E-state index contributed by atoms with van der Waals surface area (Å²) in [6.45, 7) is 10.8. The second-order valence-corrected chi connectivity index (χ2v) is 19.2. The van der Waals surface area contributed by atoms with Gasteiger partial charge in [-0.1, -0.05) is 83.5 Å². The number of aliphatic hydroxyl groups excluding tert-OH is 2. The molecule has 0 radical (unpaired) electrons. The summed E-state index contributed by atoms with van der Waals surface area (Å²) in [5.41, 5.74) is -0.249. The van der Waals surface area contributed by atoms with Crippen molar-refractivity contribution in [3.63, 3.8) is 0 Å². The van der Waals surface area contributed by atoms with Gasteiger partial charge in [0, 0.05) is 19.5 Å². The minimum Gasteiger partial charge on any atom is -0.487 e. The predicted molar refractivity (Wildman–Crippen MR) is 260 cm³/mol. The molecule has 4 bridgehead atoms. The number of amides is 7. The maximum absolute atomic E-state index is 15.2. The topological polar surface area (TPSA) is 310 Å². The number of hydrogen-bond acceptors (Lipinski definition) is 15. The molecule has 13 atom stereocenters. The summed E-state index contributed by atoms with van der Waals surface area (Å²) < 4.78 is 23.0. The Morgan fingerprint density at radius 1 is 0.822 bits per heavy atom. The zero-order valence-corrected chi connectivity index (χ0v) is 42.5. The first-order chi connectivity index (χ1) is 34.5. The predicted octanol–water partition coefficient (Wildman–Crippen LogP) is -0.356. The molecule has 4 aliphatic rings. The van der Waals surface area contributed by atoms with Crippen LogP contribution in [0.1, 0.15) is 79.0 Å². The fourth-order valence-corrected chi connectivity index (χ4v) is 8.15. The highest BCUT2D eigenvalue weighted by molar-refractivity contribution is 5.98. The van der Waals surface area contributed by atoms with Gasteiger partial charge in [-0.2, -0.15) is 0 Å². The van der Waals surface area contributed by atoms with Crippen LogP contribution < -0.4 is 36.6 Å². The summed E-state index contributed by atoms with van der Waals surface area (Å²) in [5, 5.41) is 37.1. The number of hydrogen-bond donors (Lipinski definition) is 8. The molecule has 4 aliphatic heterocycles. The van der Waals surface area contributed by atoms with E-state index in [4.69, 9.17) is 18.9 Å². The largest absolute Gasteiger partial charge is 0.487 e. The van der Waals surface area contributed by atoms with E-state index >= 15 is 4.79 Å². The number of carbonyl (C=O) groups is 9. The number of esters is 2. The Kier molecular flexibility index (Phi) is 19.6. The van der Waals surface area contributed by atoms with Crippen LogP contribution in [-0.2, 0) is 63.8 Å². The molecule has 4 heterocycles. The van der Waals surface area contributed by atoms with Crippen molar-refractivity contribution >= 4 is 53.3 Å². The van der Waals surface area contributed by atoms with E-state index in [9.17, 15) is 48.6 Å². The first-order valence-electron chi connectivity index (χ1n) is 24.4. The molecular formula is C51H69N7O15. The van der Waals surface area contributed by atoms with Crippen molar-refractivity contribution in [2.45, 2.75) is 134 Å². The van der Waals surface area contributed by atoms with Crippen molar-refractivity contribution < 1.29 is 72.3 Å². The van der Waals surface area contributed by atoms with Gasteiger partial charge in [0.15, 0.2) is 6.04 Å². The van der Waals surface area contributed by atoms with E-state index in [1.807, 2.05) is 0 Å². The Bertz CT molecular complexity index is 2360. The third kappa shape index (κ3) is 14.8. The summed E-state index contributed by atoms with van der Waals surface area (Å²) in [4.78, 5) is 129. The zero-order chi connectivity index (χ0) is 53.9. The van der Waals surface area contributed by atoms with E-state index in [0.29, 0.717) is 17.7 Å². The summed E-state index contributed by atoms with van der Waals surface area (Å²) >= 11 is 0. The quantitative estimate of drug-likeness (QED) is 0.118. The van der Waals surface area contributed by atoms with Gasteiger partial charge < -0.3 is 66.0 Å². The molecular weight excluding hydrogens is 951 g/mol. The molecule has 0 unspecified atom stereocenters. The SMILES string of the molecule is CC[C@@H](C)[C@@H]1NC(=O)[C@H](NC(=O)[C@@H](C)[C@@H](O)C(C)C)[C@H](C)OC(=O)[C@H]2COC(=O)CNC(=O)C=C[C@@]3(CO3)[C@H](C)Oc3ccc(cc3)[C@@H](NC1=O)C(=O)N(C)[C@H](Cc1ccccc1)C(=O)N[C@@H]([C@H](C)O)C(=O)N2. The lowest BCUT2D eigenvalue weighted by Gasteiger charge is -2.34. The van der Waals surface area contributed by atoms with Gasteiger partial charge in [0.05, 0.1) is 24.7 Å². The van der Waals surface area contributed by atoms with Gasteiger partial charge in [0.25, 0.3) is 0 Å². The number of aliphatic hydroxyl groups is 2. The van der Waals surface area contributed by atoms with Gasteiger partial charge in [-0.15, -0.1) is 0 Å². The molecule has 2 saturated heterocycles. The first kappa shape index (κ1) is 57.0. The molecule has 2 fully saturated rings. The van der Waals surface area contributed by atoms with Gasteiger partial charge in [0.1, 0.15) is 66.9 Å². The number of epoxide rings is 1. The fraction of sp³-hybridized carbons (Fsp3) is 0.549. The molecule has 7 amide bonds. The molecule has 6 rings (SSSR count). The number of likely N-dealkylation sites (N-methyl/N-ethyl adjacent to an activating group) is 1. The standard InChI is InChI=1S/C51H69N7O15/c1-10-27(4)39-46(65)57-42-33-16-18-34(19-17-33)73-31(8)51(25-71-51)21-20-37(60)52-23-38(61)70-24-35(50(69)72-30(7)41(48(67)54-39)56-44(63)28(5)43(62)26(2)3)53-47(66)40(29(6)59)55-45(64)36(58(9)49(42)68)22-32-14-12-11-13-15-32/h11-21,26-31,35-36,39-43,59,62H,10,22-25H2,1-9H3,(H,52,60)(H,53,66)(H,54,67)(H,55,64)(H,56,63)(H,57,65)/t27-,28+,29+,30+,31+,35-,36-,39+,40+,41-,42-,43+,51-/m1/s1. The van der Waals surface area contributed by atoms with Crippen LogP contribution in [-0.4, -0.2) is 155 Å². The Labute approximate surface area is 424 Å². The van der Waals surface area contributed by atoms with Crippen LogP contribution in [0.15, 0.2) is 66.7 Å². The number of fused-ring (bicyclic) bond motifs is 9. The number of carbonyl (C=O) groups excluding carboxylic acids is 9. The number of nitrogens with zero attached hydrogens (tertiary/aromatic N) is 1. The lowest BCUT2D eigenvalue weighted by molar-refractivity contribution is -0.160. The Morgan fingerprint density at radius 2 is 1.45 bits per heavy atom. The van der Waals surface area contributed by atoms with E-state index in [1.165, 1.54) is 58.2 Å². The second kappa shape index (κ2) is 25.2. The monoisotopic (exact) mass is 1020 g/mol. The van der Waals surface area contributed by atoms with Crippen LogP contribution in [0.3, 0.4) is 0 Å². The summed E-state index contributed by atoms with van der Waals surface area (Å²) in [7, 11) is 1.32. The maximum atomic E-state index is 15.2. The van der Waals surface area contributed by atoms with Crippen molar-refractivity contribution in [2.24, 2.45) is 17.8 Å². The zero-order valence-electron chi connectivity index (χ0n) is 42.5. The van der Waals surface area contributed by atoms with Crippen LogP contribution in [0.25, 0.3) is 0 Å². The molecule has 8 N–H and O–H groups in total. The van der Waals surface area contributed by atoms with E-state index < -0.39 is 150 Å². The van der Waals surface area contributed by atoms with Gasteiger partial charge >= 0.3 is 11.9 Å². The maximum Gasteiger partial charge on any atom is 0.332 e. The summed E-state index contributed by atoms with van der Waals surface area (Å²) in [6.07, 6.45) is -2.39. The highest BCUT2D eigenvalue weighted by Gasteiger charge is 2.49. The van der Waals surface area contributed by atoms with Gasteiger partial charge in [0.2, 0.25) is 41.4 Å². The Hall–Kier alpha value is -6.91. The number of nitrogens with one attached hydrogen (secondary N) is 6. The van der Waals surface area contributed by atoms with Crippen molar-refractivity contribution in [3.8, 4) is 5.75 Å². The highest BCUT2D eigenvalue weighted by atomic mass is 16.6. The number of benzene rings is 2. The Balaban J connectivity index is 1.72. The number of cyclic esters (lactones) is 1. The van der Waals surface area contributed by atoms with Crippen LogP contribution in [0.5, 0.6) is 5.75 Å². The highest BCUT2D eigenvalue weighted by Crippen LogP contribution is 2.35. The number of ether oxygens (including phenoxy) is 4. The smallest absolute Gasteiger partial charge is 0.332 e. The molecule has 1 spiro atoms. The summed E-state index contributed by atoms with van der Waals surface area (Å²) in [6, 6.07) is 4.69. The minimum absolute atomic E-state index is 0.141. The average Bonchev–Trinajstić information content (AvgIpc) is 4.17. The van der Waals surface area contributed by atoms with Crippen molar-refractivity contribution in [2.75, 3.05) is 26.8 Å². The normalized spacial score (nSPS) is 28.8. The molecule has 0 aromatic heterocycles. The summed E-state index contributed by atoms with van der Waals surface area (Å²) in [5.74, 6) is -10.7. The molecule has 398 valence electrons. The Morgan fingerprint density at radius 3 is 2.05 bits per heavy atom. The third-order valence-corrected chi connectivity index (χ3v) is 13.4. The third-order valence-electron chi connectivity index (χ3n) is 13.4. The molecule has 22 nitrogen and oxygen atoms in total. The van der Waals surface area contributed by atoms with E-state index in [1.54, 1.807) is 65.0 Å². The lowest BCUT2D eigenvalue weighted by Crippen LogP contribution is -2.61. The van der Waals surface area contributed by atoms with Crippen LogP contribution in [0.2, 0.25) is 0 Å². The van der Waals surface area contributed by atoms with Gasteiger partial charge in [-0.3, -0.25) is 38.4 Å². The molecule has 0 aliphatic carbocycles. The van der Waals surface area contributed by atoms with Crippen molar-refractivity contribution in [3.05, 3.63) is 77.9 Å². The molecule has 2 aromatic carbocycles. The lowest BCUT2D eigenvalue weighted by atomic mass is 9.93. The van der Waals surface area contributed by atoms with Crippen LogP contribution in [0, 0.1) is 17.8 Å². The van der Waals surface area contributed by atoms with Crippen molar-refractivity contribution in [1.82, 2.24) is 36.8 Å². The van der Waals surface area contributed by atoms with E-state index in [2.05, 4.69) is 31.9 Å². The van der Waals surface area contributed by atoms with Gasteiger partial charge in [-0.05, 0) is 61.9 Å². The fourth-order valence-electron chi connectivity index (χ4n) is 8.15. The van der Waals surface area contributed by atoms with E-state index in [0.717, 1.165) is 11.0 Å². The molecule has 73 heavy (non-hydrogen) atoms. The molecule has 2 aromatic rings. The molecule has 0 saturated carbocycles. The minimum atomic E-state index is -1.94. The van der Waals surface area contributed by atoms with Crippen molar-refractivity contribution in [1.29, 1.82) is 0 Å². The number of rotatable bonds is 9. The van der Waals surface area contributed by atoms with Crippen LogP contribution in [0.4, 0.5) is 0 Å². The van der Waals surface area contributed by atoms with Crippen LogP contribution >= 0.6 is 0 Å². The average molecular weight is 1020 g/mol. The van der Waals surface area contributed by atoms with E-state index in [-0.39, 0.29) is 18.6 Å². The molecule has 22 heteroatoms. The second-order valence-electron chi connectivity index (χ2n) is 19.2.